The number of nitrogens with one attached hydrogen (secondary N) is 2. The van der Waals surface area contributed by atoms with Crippen molar-refractivity contribution in [3.8, 4) is 17.0 Å². The van der Waals surface area contributed by atoms with Crippen molar-refractivity contribution in [3.63, 3.8) is 0 Å². The lowest BCUT2D eigenvalue weighted by Crippen LogP contribution is -2.31. The van der Waals surface area contributed by atoms with Gasteiger partial charge < -0.3 is 15.4 Å². The van der Waals surface area contributed by atoms with Gasteiger partial charge in [0.15, 0.2) is 0 Å². The summed E-state index contributed by atoms with van der Waals surface area (Å²) >= 11 is 9.58. The third-order valence-electron chi connectivity index (χ3n) is 5.90. The highest BCUT2D eigenvalue weighted by Crippen LogP contribution is 2.39. The molecule has 1 atom stereocenters. The minimum atomic E-state index is -0.435. The second-order valence-corrected chi connectivity index (χ2v) is 9.49. The minimum absolute atomic E-state index is 0.235. The van der Waals surface area contributed by atoms with Gasteiger partial charge in [-0.05, 0) is 48.9 Å². The third-order valence-corrected chi connectivity index (χ3v) is 6.68. The second kappa shape index (κ2) is 9.60. The van der Waals surface area contributed by atoms with Crippen LogP contribution in [0.3, 0.4) is 0 Å². The molecule has 6 nitrogen and oxygen atoms in total. The molecular weight excluding hydrogens is 528 g/mol. The van der Waals surface area contributed by atoms with Gasteiger partial charge >= 0.3 is 0 Å². The van der Waals surface area contributed by atoms with Gasteiger partial charge in [0.25, 0.3) is 5.91 Å². The molecule has 8 heteroatoms. The number of carbonyl (C=O) groups excluding carboxylic acids is 1. The van der Waals surface area contributed by atoms with E-state index in [9.17, 15) is 4.79 Å². The van der Waals surface area contributed by atoms with E-state index in [0.29, 0.717) is 22.0 Å². The van der Waals surface area contributed by atoms with Crippen LogP contribution >= 0.6 is 27.5 Å². The molecule has 176 valence electrons. The zero-order valence-electron chi connectivity index (χ0n) is 19.0. The third kappa shape index (κ3) is 4.57. The molecule has 5 rings (SSSR count). The largest absolute Gasteiger partial charge is 0.495 e. The first kappa shape index (κ1) is 23.2. The molecule has 0 unspecified atom stereocenters. The lowest BCUT2D eigenvalue weighted by atomic mass is 9.95. The highest BCUT2D eigenvalue weighted by atomic mass is 79.9. The monoisotopic (exact) mass is 548 g/mol. The zero-order valence-corrected chi connectivity index (χ0v) is 21.4. The number of benzene rings is 3. The van der Waals surface area contributed by atoms with Crippen molar-refractivity contribution in [2.75, 3.05) is 17.7 Å². The molecule has 1 aromatic heterocycles. The molecule has 0 bridgehead atoms. The molecule has 2 N–H and O–H groups in total. The maximum Gasteiger partial charge on any atom is 0.255 e. The molecular formula is C27H22BrClN4O2. The minimum Gasteiger partial charge on any atom is -0.495 e. The molecule has 0 fully saturated rings. The van der Waals surface area contributed by atoms with Crippen molar-refractivity contribution < 1.29 is 9.53 Å². The molecule has 0 radical (unpaired) electrons. The number of fused-ring (bicyclic) bond motifs is 1. The Kier molecular flexibility index (Phi) is 6.36. The number of aromatic nitrogens is 2. The van der Waals surface area contributed by atoms with Gasteiger partial charge in [0.2, 0.25) is 0 Å². The fraction of sp³-hybridized carbons (Fsp3) is 0.111. The highest BCUT2D eigenvalue weighted by Gasteiger charge is 2.34. The molecule has 1 aliphatic rings. The Morgan fingerprint density at radius 2 is 1.80 bits per heavy atom. The second-order valence-electron chi connectivity index (χ2n) is 8.14. The van der Waals surface area contributed by atoms with Crippen LogP contribution < -0.4 is 15.4 Å². The Labute approximate surface area is 216 Å². The maximum absolute atomic E-state index is 13.7. The molecule has 0 saturated heterocycles. The van der Waals surface area contributed by atoms with Gasteiger partial charge in [-0.3, -0.25) is 4.79 Å². The number of carbonyl (C=O) groups is 1. The summed E-state index contributed by atoms with van der Waals surface area (Å²) in [6, 6.07) is 24.3. The van der Waals surface area contributed by atoms with Crippen molar-refractivity contribution in [3.05, 3.63) is 105 Å². The topological polar surface area (TPSA) is 68.2 Å². The summed E-state index contributed by atoms with van der Waals surface area (Å²) < 4.78 is 8.24. The van der Waals surface area contributed by atoms with Gasteiger partial charge in [0.1, 0.15) is 17.6 Å². The number of methoxy groups -OCH3 is 1. The van der Waals surface area contributed by atoms with Crippen molar-refractivity contribution >= 4 is 44.9 Å². The number of anilines is 2. The van der Waals surface area contributed by atoms with Crippen LogP contribution in [-0.2, 0) is 4.79 Å². The number of halogens is 2. The quantitative estimate of drug-likeness (QED) is 0.284. The summed E-state index contributed by atoms with van der Waals surface area (Å²) in [4.78, 5) is 13.7. The van der Waals surface area contributed by atoms with E-state index in [0.717, 1.165) is 32.8 Å². The van der Waals surface area contributed by atoms with Crippen LogP contribution in [0.15, 0.2) is 94.6 Å². The number of hydrogen-bond acceptors (Lipinski definition) is 4. The number of hydrogen-bond donors (Lipinski definition) is 2. The average Bonchev–Trinajstić information content (AvgIpc) is 3.28. The summed E-state index contributed by atoms with van der Waals surface area (Å²) in [5.41, 5.74) is 4.57. The molecule has 1 amide bonds. The van der Waals surface area contributed by atoms with E-state index in [2.05, 4.69) is 26.6 Å². The predicted octanol–water partition coefficient (Wildman–Crippen LogP) is 6.90. The Bertz CT molecular complexity index is 1430. The number of nitrogens with zero attached hydrogens (tertiary/aromatic N) is 2. The number of allylic oxidation sites excluding steroid dienone is 1. The van der Waals surface area contributed by atoms with Crippen molar-refractivity contribution in [2.45, 2.75) is 13.0 Å². The summed E-state index contributed by atoms with van der Waals surface area (Å²) in [6.07, 6.45) is 0. The van der Waals surface area contributed by atoms with Crippen molar-refractivity contribution in [1.82, 2.24) is 9.78 Å². The van der Waals surface area contributed by atoms with Gasteiger partial charge in [-0.15, -0.1) is 0 Å². The highest BCUT2D eigenvalue weighted by molar-refractivity contribution is 9.10. The molecule has 4 aromatic rings. The molecule has 0 aliphatic carbocycles. The van der Waals surface area contributed by atoms with Gasteiger partial charge in [0, 0.05) is 26.8 Å². The van der Waals surface area contributed by atoms with Gasteiger partial charge in [-0.1, -0.05) is 63.9 Å². The van der Waals surface area contributed by atoms with E-state index in [-0.39, 0.29) is 5.91 Å². The smallest absolute Gasteiger partial charge is 0.255 e. The summed E-state index contributed by atoms with van der Waals surface area (Å²) in [6.45, 7) is 1.90. The van der Waals surface area contributed by atoms with E-state index in [1.54, 1.807) is 7.11 Å². The Hall–Kier alpha value is -3.55. The lowest BCUT2D eigenvalue weighted by molar-refractivity contribution is -0.113. The summed E-state index contributed by atoms with van der Waals surface area (Å²) in [5.74, 6) is 1.16. The number of para-hydroxylation sites is 2. The number of amides is 1. The molecule has 1 aliphatic heterocycles. The van der Waals surface area contributed by atoms with E-state index >= 15 is 0 Å². The summed E-state index contributed by atoms with van der Waals surface area (Å²) in [5, 5.41) is 12.0. The fourth-order valence-electron chi connectivity index (χ4n) is 4.22. The Morgan fingerprint density at radius 1 is 1.09 bits per heavy atom. The summed E-state index contributed by atoms with van der Waals surface area (Å²) in [7, 11) is 1.58. The van der Waals surface area contributed by atoms with Crippen molar-refractivity contribution in [2.24, 2.45) is 0 Å². The Morgan fingerprint density at radius 3 is 2.51 bits per heavy atom. The Balaban J connectivity index is 1.59. The molecule has 35 heavy (non-hydrogen) atoms. The van der Waals surface area contributed by atoms with Crippen molar-refractivity contribution in [1.29, 1.82) is 0 Å². The van der Waals surface area contributed by atoms with Crippen LogP contribution in [0.4, 0.5) is 11.5 Å². The predicted molar refractivity (Wildman–Crippen MR) is 143 cm³/mol. The van der Waals surface area contributed by atoms with Crippen LogP contribution in [0.5, 0.6) is 5.75 Å². The fourth-order valence-corrected chi connectivity index (χ4v) is 4.61. The number of ether oxygens (including phenoxy) is 1. The maximum atomic E-state index is 13.7. The standard InChI is InChI=1S/C27H22BrClN4O2/c1-16-25(27(34)31-21-5-3-4-6-23(21)35-2)26(18-7-11-19(28)12-8-18)33-24(30-16)15-22(32-33)17-9-13-20(29)14-10-17/h3-15,26,30H,1-2H3,(H,31,34)/t26-/m1/s1. The average molecular weight is 550 g/mol. The zero-order chi connectivity index (χ0) is 24.5. The van der Waals surface area contributed by atoms with Gasteiger partial charge in [-0.25, -0.2) is 4.68 Å². The van der Waals surface area contributed by atoms with E-state index < -0.39 is 6.04 Å². The van der Waals surface area contributed by atoms with E-state index in [1.807, 2.05) is 90.5 Å². The molecule has 2 heterocycles. The van der Waals surface area contributed by atoms with Crippen LogP contribution in [0.2, 0.25) is 5.02 Å². The van der Waals surface area contributed by atoms with Crippen LogP contribution in [0, 0.1) is 0 Å². The van der Waals surface area contributed by atoms with Crippen LogP contribution in [-0.4, -0.2) is 22.8 Å². The first-order chi connectivity index (χ1) is 16.9. The molecule has 0 spiro atoms. The van der Waals surface area contributed by atoms with Crippen LogP contribution in [0.25, 0.3) is 11.3 Å². The van der Waals surface area contributed by atoms with Gasteiger partial charge in [0.05, 0.1) is 24.1 Å². The van der Waals surface area contributed by atoms with Gasteiger partial charge in [-0.2, -0.15) is 5.10 Å². The lowest BCUT2D eigenvalue weighted by Gasteiger charge is -2.30. The molecule has 0 saturated carbocycles. The first-order valence-electron chi connectivity index (χ1n) is 11.0. The van der Waals surface area contributed by atoms with E-state index in [4.69, 9.17) is 21.4 Å². The molecule has 3 aromatic carbocycles. The first-order valence-corrected chi connectivity index (χ1v) is 12.1. The SMILES string of the molecule is COc1ccccc1NC(=O)C1=C(C)Nc2cc(-c3ccc(Cl)cc3)nn2[C@@H]1c1ccc(Br)cc1. The normalized spacial score (nSPS) is 14.8. The number of rotatable bonds is 5. The van der Waals surface area contributed by atoms with Crippen LogP contribution in [0.1, 0.15) is 18.5 Å². The van der Waals surface area contributed by atoms with E-state index in [1.165, 1.54) is 0 Å².